The lowest BCUT2D eigenvalue weighted by atomic mass is 9.87. The average Bonchev–Trinajstić information content (AvgIpc) is 3.66. The van der Waals surface area contributed by atoms with Crippen molar-refractivity contribution in [2.24, 2.45) is 0 Å². The smallest absolute Gasteiger partial charge is 0.0625 e. The van der Waals surface area contributed by atoms with Crippen molar-refractivity contribution in [3.63, 3.8) is 0 Å². The van der Waals surface area contributed by atoms with Crippen molar-refractivity contribution in [3.05, 3.63) is 212 Å². The van der Waals surface area contributed by atoms with E-state index in [-0.39, 0.29) is 0 Å². The van der Waals surface area contributed by atoms with Crippen LogP contribution in [0.3, 0.4) is 0 Å². The molecule has 2 heteroatoms. The SMILES string of the molecule is c1ccc(-c2ccccc2N(c2ccc(-c3cccc4c3sc3ccccc34)cc2)c2c(-c3cccc4ccccc34)c3ccccc3c3ccccc23)cc1. The molecule has 0 saturated carbocycles. The van der Waals surface area contributed by atoms with Crippen LogP contribution in [0.5, 0.6) is 0 Å². The van der Waals surface area contributed by atoms with Gasteiger partial charge in [0.15, 0.2) is 0 Å². The molecule has 1 nitrogen and oxygen atoms in total. The van der Waals surface area contributed by atoms with Gasteiger partial charge < -0.3 is 4.90 Å². The van der Waals surface area contributed by atoms with Crippen LogP contribution in [0.4, 0.5) is 17.1 Å². The van der Waals surface area contributed by atoms with Crippen LogP contribution in [0.15, 0.2) is 212 Å². The van der Waals surface area contributed by atoms with Crippen molar-refractivity contribution in [2.75, 3.05) is 4.90 Å². The van der Waals surface area contributed by atoms with Crippen molar-refractivity contribution in [2.45, 2.75) is 0 Å². The molecule has 262 valence electrons. The number of fused-ring (bicyclic) bond motifs is 7. The molecule has 0 fully saturated rings. The Morgan fingerprint density at radius 3 is 1.68 bits per heavy atom. The fraction of sp³-hybridized carbons (Fsp3) is 0. The molecule has 1 aromatic heterocycles. The maximum absolute atomic E-state index is 2.53. The van der Waals surface area contributed by atoms with Gasteiger partial charge >= 0.3 is 0 Å². The van der Waals surface area contributed by atoms with Gasteiger partial charge in [-0.1, -0.05) is 188 Å². The van der Waals surface area contributed by atoms with E-state index in [0.717, 1.165) is 11.4 Å². The van der Waals surface area contributed by atoms with E-state index in [1.54, 1.807) is 0 Å². The highest BCUT2D eigenvalue weighted by atomic mass is 32.1. The molecule has 0 unspecified atom stereocenters. The molecule has 11 rings (SSSR count). The minimum Gasteiger partial charge on any atom is -0.309 e. The normalized spacial score (nSPS) is 11.6. The van der Waals surface area contributed by atoms with Gasteiger partial charge in [0.2, 0.25) is 0 Å². The number of para-hydroxylation sites is 1. The second-order valence-corrected chi connectivity index (χ2v) is 15.4. The van der Waals surface area contributed by atoms with E-state index in [4.69, 9.17) is 0 Å². The van der Waals surface area contributed by atoms with Gasteiger partial charge in [-0.3, -0.25) is 0 Å². The van der Waals surface area contributed by atoms with Gasteiger partial charge in [0, 0.05) is 42.4 Å². The fourth-order valence-electron chi connectivity index (χ4n) is 8.75. The van der Waals surface area contributed by atoms with Crippen molar-refractivity contribution in [1.29, 1.82) is 0 Å². The first-order chi connectivity index (χ1) is 27.8. The fourth-order valence-corrected chi connectivity index (χ4v) is 9.99. The maximum Gasteiger partial charge on any atom is 0.0625 e. The molecule has 0 radical (unpaired) electrons. The van der Waals surface area contributed by atoms with Gasteiger partial charge in [0.1, 0.15) is 0 Å². The Kier molecular flexibility index (Phi) is 7.75. The standard InChI is InChI=1S/C54H35NS/c1-2-16-37(17-3-1)41-21-10-12-30-50(41)55(39-34-32-38(33-35-39)42-27-15-29-49-45-24-11-13-31-51(45)56-54(42)49)53-48-26-9-7-23-44(48)43-22-6-8-25-47(43)52(53)46-28-14-19-36-18-4-5-20-40(36)46/h1-35H. The monoisotopic (exact) mass is 729 g/mol. The minimum atomic E-state index is 1.10. The van der Waals surface area contributed by atoms with Gasteiger partial charge in [-0.05, 0) is 73.5 Å². The van der Waals surface area contributed by atoms with Crippen LogP contribution in [-0.4, -0.2) is 0 Å². The molecule has 10 aromatic carbocycles. The van der Waals surface area contributed by atoms with E-state index < -0.39 is 0 Å². The Morgan fingerprint density at radius 1 is 0.321 bits per heavy atom. The molecule has 0 amide bonds. The van der Waals surface area contributed by atoms with Gasteiger partial charge in [-0.25, -0.2) is 0 Å². The van der Waals surface area contributed by atoms with Crippen molar-refractivity contribution in [3.8, 4) is 33.4 Å². The summed E-state index contributed by atoms with van der Waals surface area (Å²) in [6, 6.07) is 77.8. The highest BCUT2D eigenvalue weighted by Crippen LogP contribution is 2.52. The molecular weight excluding hydrogens is 695 g/mol. The number of hydrogen-bond acceptors (Lipinski definition) is 2. The largest absolute Gasteiger partial charge is 0.309 e. The lowest BCUT2D eigenvalue weighted by Gasteiger charge is -2.32. The summed E-state index contributed by atoms with van der Waals surface area (Å²) in [5.74, 6) is 0. The van der Waals surface area contributed by atoms with E-state index >= 15 is 0 Å². The zero-order valence-electron chi connectivity index (χ0n) is 30.6. The summed E-state index contributed by atoms with van der Waals surface area (Å²) >= 11 is 1.88. The van der Waals surface area contributed by atoms with E-state index in [2.05, 4.69) is 217 Å². The van der Waals surface area contributed by atoms with Gasteiger partial charge in [-0.15, -0.1) is 11.3 Å². The van der Waals surface area contributed by atoms with Gasteiger partial charge in [0.25, 0.3) is 0 Å². The first kappa shape index (κ1) is 32.4. The summed E-state index contributed by atoms with van der Waals surface area (Å²) in [5.41, 5.74) is 10.7. The molecular formula is C54H35NS. The summed E-state index contributed by atoms with van der Waals surface area (Å²) in [4.78, 5) is 2.53. The predicted octanol–water partition coefficient (Wildman–Crippen LogP) is 16.0. The number of anilines is 3. The minimum absolute atomic E-state index is 1.10. The lowest BCUT2D eigenvalue weighted by Crippen LogP contribution is -2.13. The zero-order valence-corrected chi connectivity index (χ0v) is 31.4. The summed E-state index contributed by atoms with van der Waals surface area (Å²) in [6.07, 6.45) is 0. The Morgan fingerprint density at radius 2 is 0.857 bits per heavy atom. The van der Waals surface area contributed by atoms with Crippen molar-refractivity contribution < 1.29 is 0 Å². The van der Waals surface area contributed by atoms with Gasteiger partial charge in [-0.2, -0.15) is 0 Å². The summed E-state index contributed by atoms with van der Waals surface area (Å²) in [6.45, 7) is 0. The molecule has 11 aromatic rings. The third-order valence-corrected chi connectivity index (χ3v) is 12.5. The molecule has 0 aliphatic heterocycles. The summed E-state index contributed by atoms with van der Waals surface area (Å²) in [5, 5.41) is 10.0. The third kappa shape index (κ3) is 5.22. The first-order valence-corrected chi connectivity index (χ1v) is 20.0. The Balaban J connectivity index is 1.23. The highest BCUT2D eigenvalue weighted by Gasteiger charge is 2.26. The number of benzene rings is 10. The van der Waals surface area contributed by atoms with Crippen LogP contribution in [0.2, 0.25) is 0 Å². The summed E-state index contributed by atoms with van der Waals surface area (Å²) < 4.78 is 2.64. The summed E-state index contributed by atoms with van der Waals surface area (Å²) in [7, 11) is 0. The van der Waals surface area contributed by atoms with Crippen LogP contribution in [0.1, 0.15) is 0 Å². The van der Waals surface area contributed by atoms with E-state index in [0.29, 0.717) is 0 Å². The Labute approximate surface area is 330 Å². The zero-order chi connectivity index (χ0) is 37.0. The molecule has 1 heterocycles. The van der Waals surface area contributed by atoms with E-state index in [1.807, 2.05) is 11.3 Å². The second kappa shape index (κ2) is 13.4. The first-order valence-electron chi connectivity index (χ1n) is 19.2. The Hall–Kier alpha value is -7.00. The van der Waals surface area contributed by atoms with Crippen molar-refractivity contribution >= 4 is 80.9 Å². The van der Waals surface area contributed by atoms with Crippen LogP contribution in [0, 0.1) is 0 Å². The molecule has 0 aliphatic carbocycles. The van der Waals surface area contributed by atoms with Crippen LogP contribution in [0.25, 0.3) is 85.9 Å². The maximum atomic E-state index is 2.53. The second-order valence-electron chi connectivity index (χ2n) is 14.4. The Bertz CT molecular complexity index is 3240. The van der Waals surface area contributed by atoms with Crippen LogP contribution >= 0.6 is 11.3 Å². The quantitative estimate of drug-likeness (QED) is 0.154. The number of nitrogens with zero attached hydrogens (tertiary/aromatic N) is 1. The van der Waals surface area contributed by atoms with Crippen LogP contribution < -0.4 is 4.90 Å². The van der Waals surface area contributed by atoms with Crippen molar-refractivity contribution in [1.82, 2.24) is 0 Å². The molecule has 0 saturated heterocycles. The van der Waals surface area contributed by atoms with E-state index in [1.165, 1.54) is 91.6 Å². The van der Waals surface area contributed by atoms with Gasteiger partial charge in [0.05, 0.1) is 11.4 Å². The average molecular weight is 730 g/mol. The molecule has 56 heavy (non-hydrogen) atoms. The lowest BCUT2D eigenvalue weighted by molar-refractivity contribution is 1.30. The number of hydrogen-bond donors (Lipinski definition) is 0. The number of rotatable bonds is 6. The highest BCUT2D eigenvalue weighted by molar-refractivity contribution is 7.26. The molecule has 0 bridgehead atoms. The molecule has 0 aliphatic rings. The number of thiophene rings is 1. The molecule has 0 atom stereocenters. The molecule has 0 N–H and O–H groups in total. The van der Waals surface area contributed by atoms with E-state index in [9.17, 15) is 0 Å². The van der Waals surface area contributed by atoms with Crippen LogP contribution in [-0.2, 0) is 0 Å². The molecule has 0 spiro atoms. The topological polar surface area (TPSA) is 3.24 Å². The predicted molar refractivity (Wildman–Crippen MR) is 243 cm³/mol. The third-order valence-electron chi connectivity index (χ3n) is 11.3.